The van der Waals surface area contributed by atoms with Gasteiger partial charge in [0, 0.05) is 32.1 Å². The number of carbonyl (C=O) groups excluding carboxylic acids is 1. The van der Waals surface area contributed by atoms with Gasteiger partial charge in [0.1, 0.15) is 0 Å². The topological polar surface area (TPSA) is 47.4 Å². The lowest BCUT2D eigenvalue weighted by Gasteiger charge is -2.31. The van der Waals surface area contributed by atoms with Gasteiger partial charge in [-0.2, -0.15) is 5.10 Å². The van der Waals surface area contributed by atoms with Gasteiger partial charge in [-0.15, -0.1) is 0 Å². The molecule has 0 saturated carbocycles. The number of rotatable bonds is 3. The molecule has 1 fully saturated rings. The summed E-state index contributed by atoms with van der Waals surface area (Å²) in [5.74, 6) is 1.43. The fourth-order valence-electron chi connectivity index (χ4n) is 3.62. The Labute approximate surface area is 142 Å². The molecule has 4 rings (SSSR count). The van der Waals surface area contributed by atoms with E-state index in [1.807, 2.05) is 4.90 Å². The highest BCUT2D eigenvalue weighted by Gasteiger charge is 2.26. The first-order valence-electron chi connectivity index (χ1n) is 8.83. The molecule has 126 valence electrons. The number of fused-ring (bicyclic) bond motifs is 1. The zero-order chi connectivity index (χ0) is 16.4. The molecule has 1 aromatic carbocycles. The van der Waals surface area contributed by atoms with Gasteiger partial charge < -0.3 is 9.64 Å². The van der Waals surface area contributed by atoms with Crippen molar-refractivity contribution < 1.29 is 9.53 Å². The second-order valence-electron chi connectivity index (χ2n) is 6.72. The third-order valence-corrected chi connectivity index (χ3v) is 5.00. The average Bonchev–Trinajstić information content (AvgIpc) is 3.07. The number of nitrogens with zero attached hydrogens (tertiary/aromatic N) is 3. The second kappa shape index (κ2) is 6.67. The van der Waals surface area contributed by atoms with Crippen LogP contribution in [0.15, 0.2) is 36.4 Å². The van der Waals surface area contributed by atoms with Crippen LogP contribution in [0.1, 0.15) is 35.3 Å². The van der Waals surface area contributed by atoms with Gasteiger partial charge in [-0.3, -0.25) is 4.79 Å². The first-order valence-corrected chi connectivity index (χ1v) is 8.83. The van der Waals surface area contributed by atoms with Crippen LogP contribution >= 0.6 is 0 Å². The molecule has 0 N–H and O–H groups in total. The predicted molar refractivity (Wildman–Crippen MR) is 91.1 cm³/mol. The van der Waals surface area contributed by atoms with Crippen molar-refractivity contribution in [2.24, 2.45) is 5.92 Å². The Morgan fingerprint density at radius 1 is 1.17 bits per heavy atom. The third-order valence-electron chi connectivity index (χ3n) is 5.00. The first-order chi connectivity index (χ1) is 11.8. The van der Waals surface area contributed by atoms with E-state index in [1.54, 1.807) is 10.7 Å². The predicted octanol–water partition coefficient (Wildman–Crippen LogP) is 2.76. The first kappa shape index (κ1) is 15.2. The number of piperidine rings is 1. The number of amides is 1. The maximum atomic E-state index is 12.7. The van der Waals surface area contributed by atoms with Crippen LogP contribution in [0, 0.1) is 5.92 Å². The Kier molecular flexibility index (Phi) is 4.24. The summed E-state index contributed by atoms with van der Waals surface area (Å²) in [7, 11) is 0. The lowest BCUT2D eigenvalue weighted by atomic mass is 9.90. The highest BCUT2D eigenvalue weighted by molar-refractivity contribution is 5.92. The molecular weight excluding hydrogens is 302 g/mol. The van der Waals surface area contributed by atoms with Crippen molar-refractivity contribution in [3.8, 4) is 5.88 Å². The molecule has 3 heterocycles. The van der Waals surface area contributed by atoms with E-state index in [0.29, 0.717) is 18.2 Å². The Morgan fingerprint density at radius 2 is 1.96 bits per heavy atom. The van der Waals surface area contributed by atoms with Crippen LogP contribution in [0.2, 0.25) is 0 Å². The molecule has 0 radical (unpaired) electrons. The Balaban J connectivity index is 1.35. The number of hydrogen-bond acceptors (Lipinski definition) is 3. The SMILES string of the molecule is O=C(c1cc2n(n1)CCCO2)N1CCC(Cc2ccccc2)CC1. The van der Waals surface area contributed by atoms with Crippen molar-refractivity contribution in [1.29, 1.82) is 0 Å². The molecule has 2 aliphatic heterocycles. The average molecular weight is 325 g/mol. The van der Waals surface area contributed by atoms with Gasteiger partial charge in [0.15, 0.2) is 5.69 Å². The van der Waals surface area contributed by atoms with Crippen molar-refractivity contribution >= 4 is 5.91 Å². The van der Waals surface area contributed by atoms with Crippen LogP contribution in [-0.4, -0.2) is 40.3 Å². The number of carbonyl (C=O) groups is 1. The molecule has 1 aromatic heterocycles. The van der Waals surface area contributed by atoms with Crippen LogP contribution in [0.5, 0.6) is 5.88 Å². The summed E-state index contributed by atoms with van der Waals surface area (Å²) in [4.78, 5) is 14.6. The summed E-state index contributed by atoms with van der Waals surface area (Å²) in [5, 5.41) is 4.41. The minimum Gasteiger partial charge on any atom is -0.478 e. The second-order valence-corrected chi connectivity index (χ2v) is 6.72. The number of likely N-dealkylation sites (tertiary alicyclic amines) is 1. The van der Waals surface area contributed by atoms with Gasteiger partial charge in [-0.05, 0) is 30.7 Å². The Hall–Kier alpha value is -2.30. The molecule has 2 aliphatic rings. The quantitative estimate of drug-likeness (QED) is 0.872. The van der Waals surface area contributed by atoms with Crippen molar-refractivity contribution in [2.45, 2.75) is 32.2 Å². The largest absolute Gasteiger partial charge is 0.478 e. The molecule has 5 nitrogen and oxygen atoms in total. The molecule has 1 amide bonds. The number of benzene rings is 1. The number of ether oxygens (including phenoxy) is 1. The van der Waals surface area contributed by atoms with Gasteiger partial charge >= 0.3 is 0 Å². The Morgan fingerprint density at radius 3 is 2.71 bits per heavy atom. The van der Waals surface area contributed by atoms with E-state index in [-0.39, 0.29) is 5.91 Å². The van der Waals surface area contributed by atoms with E-state index < -0.39 is 0 Å². The maximum absolute atomic E-state index is 12.7. The minimum absolute atomic E-state index is 0.0404. The van der Waals surface area contributed by atoms with E-state index in [1.165, 1.54) is 5.56 Å². The van der Waals surface area contributed by atoms with Crippen molar-refractivity contribution in [1.82, 2.24) is 14.7 Å². The smallest absolute Gasteiger partial charge is 0.274 e. The molecule has 24 heavy (non-hydrogen) atoms. The van der Waals surface area contributed by atoms with E-state index >= 15 is 0 Å². The molecular formula is C19H23N3O2. The van der Waals surface area contributed by atoms with Gasteiger partial charge in [0.2, 0.25) is 5.88 Å². The molecule has 0 spiro atoms. The summed E-state index contributed by atoms with van der Waals surface area (Å²) in [6, 6.07) is 12.4. The van der Waals surface area contributed by atoms with E-state index in [2.05, 4.69) is 35.4 Å². The fourth-order valence-corrected chi connectivity index (χ4v) is 3.62. The molecule has 0 unspecified atom stereocenters. The zero-order valence-corrected chi connectivity index (χ0v) is 13.9. The van der Waals surface area contributed by atoms with Gasteiger partial charge in [0.25, 0.3) is 5.91 Å². The Bertz CT molecular complexity index is 679. The van der Waals surface area contributed by atoms with Gasteiger partial charge in [-0.25, -0.2) is 4.68 Å². The summed E-state index contributed by atoms with van der Waals surface area (Å²) < 4.78 is 7.36. The number of aryl methyl sites for hydroxylation is 1. The monoisotopic (exact) mass is 325 g/mol. The maximum Gasteiger partial charge on any atom is 0.274 e. The zero-order valence-electron chi connectivity index (χ0n) is 13.9. The summed E-state index contributed by atoms with van der Waals surface area (Å²) in [6.45, 7) is 3.19. The van der Waals surface area contributed by atoms with Crippen molar-refractivity contribution in [2.75, 3.05) is 19.7 Å². The van der Waals surface area contributed by atoms with E-state index in [0.717, 1.165) is 51.2 Å². The van der Waals surface area contributed by atoms with E-state index in [9.17, 15) is 4.79 Å². The highest BCUT2D eigenvalue weighted by Crippen LogP contribution is 2.24. The molecule has 0 aliphatic carbocycles. The third kappa shape index (κ3) is 3.16. The highest BCUT2D eigenvalue weighted by atomic mass is 16.5. The van der Waals surface area contributed by atoms with Gasteiger partial charge in [-0.1, -0.05) is 30.3 Å². The van der Waals surface area contributed by atoms with Crippen LogP contribution in [0.4, 0.5) is 0 Å². The number of hydrogen-bond donors (Lipinski definition) is 0. The lowest BCUT2D eigenvalue weighted by Crippen LogP contribution is -2.39. The van der Waals surface area contributed by atoms with E-state index in [4.69, 9.17) is 4.74 Å². The minimum atomic E-state index is 0.0404. The molecule has 0 atom stereocenters. The van der Waals surface area contributed by atoms with Gasteiger partial charge in [0.05, 0.1) is 6.61 Å². The molecule has 1 saturated heterocycles. The van der Waals surface area contributed by atoms with Crippen molar-refractivity contribution in [3.63, 3.8) is 0 Å². The molecule has 2 aromatic rings. The van der Waals surface area contributed by atoms with Crippen LogP contribution < -0.4 is 4.74 Å². The standard InChI is InChI=1S/C19H23N3O2/c23-19(17-14-18-22(20-17)9-4-12-24-18)21-10-7-16(8-11-21)13-15-5-2-1-3-6-15/h1-3,5-6,14,16H,4,7-13H2. The summed E-state index contributed by atoms with van der Waals surface area (Å²) >= 11 is 0. The van der Waals surface area contributed by atoms with Crippen LogP contribution in [0.25, 0.3) is 0 Å². The number of aromatic nitrogens is 2. The lowest BCUT2D eigenvalue weighted by molar-refractivity contribution is 0.0683. The molecule has 5 heteroatoms. The normalized spacial score (nSPS) is 18.1. The fraction of sp³-hybridized carbons (Fsp3) is 0.474. The van der Waals surface area contributed by atoms with Crippen molar-refractivity contribution in [3.05, 3.63) is 47.7 Å². The van der Waals surface area contributed by atoms with Crippen LogP contribution in [0.3, 0.4) is 0 Å². The summed E-state index contributed by atoms with van der Waals surface area (Å²) in [6.07, 6.45) is 4.18. The molecule has 0 bridgehead atoms. The summed E-state index contributed by atoms with van der Waals surface area (Å²) in [5.41, 5.74) is 1.91. The van der Waals surface area contributed by atoms with Crippen LogP contribution in [-0.2, 0) is 13.0 Å².